The monoisotopic (exact) mass is 599 g/mol. The van der Waals surface area contributed by atoms with Crippen LogP contribution in [0.25, 0.3) is 28.0 Å². The van der Waals surface area contributed by atoms with Gasteiger partial charge in [0.25, 0.3) is 5.91 Å². The normalized spacial score (nSPS) is 17.1. The van der Waals surface area contributed by atoms with Crippen LogP contribution in [0, 0.1) is 0 Å². The van der Waals surface area contributed by atoms with Gasteiger partial charge in [0.2, 0.25) is 0 Å². The number of rotatable bonds is 8. The average molecular weight is 600 g/mol. The van der Waals surface area contributed by atoms with Gasteiger partial charge in [0.1, 0.15) is 16.4 Å². The van der Waals surface area contributed by atoms with E-state index in [9.17, 15) is 13.2 Å². The molecule has 13 heteroatoms. The van der Waals surface area contributed by atoms with Crippen LogP contribution in [-0.2, 0) is 22.8 Å². The van der Waals surface area contributed by atoms with Gasteiger partial charge in [-0.25, -0.2) is 13.4 Å². The lowest BCUT2D eigenvalue weighted by atomic mass is 10.1. The molecule has 1 aliphatic heterocycles. The van der Waals surface area contributed by atoms with Gasteiger partial charge >= 0.3 is 0 Å². The van der Waals surface area contributed by atoms with Crippen molar-refractivity contribution >= 4 is 27.2 Å². The molecular weight excluding hydrogens is 566 g/mol. The molecule has 1 aromatic carbocycles. The van der Waals surface area contributed by atoms with Gasteiger partial charge in [-0.3, -0.25) is 14.9 Å². The smallest absolute Gasteiger partial charge is 0.274 e. The van der Waals surface area contributed by atoms with Gasteiger partial charge in [0.15, 0.2) is 15.5 Å². The molecule has 5 N–H and O–H groups in total. The summed E-state index contributed by atoms with van der Waals surface area (Å²) in [6.45, 7) is 2.27. The predicted octanol–water partition coefficient (Wildman–Crippen LogP) is 3.25. The van der Waals surface area contributed by atoms with Crippen molar-refractivity contribution in [3.63, 3.8) is 0 Å². The first-order valence-electron chi connectivity index (χ1n) is 14.1. The molecule has 1 fully saturated rings. The fourth-order valence-corrected chi connectivity index (χ4v) is 6.93. The number of nitrogen functional groups attached to an aromatic ring is 1. The van der Waals surface area contributed by atoms with Crippen LogP contribution in [0.2, 0.25) is 0 Å². The highest BCUT2D eigenvalue weighted by Gasteiger charge is 2.36. The minimum atomic E-state index is -3.74. The molecule has 5 aromatic rings. The van der Waals surface area contributed by atoms with Crippen LogP contribution in [0.3, 0.4) is 0 Å². The second kappa shape index (κ2) is 11.2. The molecule has 222 valence electrons. The number of aromatic amines is 1. The number of carbonyl (C=O) groups is 1. The third-order valence-corrected chi connectivity index (χ3v) is 9.21. The van der Waals surface area contributed by atoms with Crippen molar-refractivity contribution < 1.29 is 13.2 Å². The number of aromatic nitrogens is 6. The summed E-state index contributed by atoms with van der Waals surface area (Å²) in [6.07, 6.45) is 6.90. The molecule has 5 heterocycles. The Hall–Kier alpha value is -4.62. The third kappa shape index (κ3) is 5.37. The minimum absolute atomic E-state index is 0.00109. The van der Waals surface area contributed by atoms with Gasteiger partial charge in [-0.05, 0) is 44.7 Å². The highest BCUT2D eigenvalue weighted by Crippen LogP contribution is 2.33. The van der Waals surface area contributed by atoms with Crippen molar-refractivity contribution in [3.05, 3.63) is 78.0 Å². The van der Waals surface area contributed by atoms with Crippen molar-refractivity contribution in [3.8, 4) is 22.4 Å². The quantitative estimate of drug-likeness (QED) is 0.241. The lowest BCUT2D eigenvalue weighted by Crippen LogP contribution is -2.40. The van der Waals surface area contributed by atoms with Gasteiger partial charge < -0.3 is 16.4 Å². The molecule has 6 rings (SSSR count). The van der Waals surface area contributed by atoms with Crippen LogP contribution >= 0.6 is 0 Å². The molecule has 1 aliphatic rings. The number of anilines is 1. The summed E-state index contributed by atoms with van der Waals surface area (Å²) in [5.41, 5.74) is 17.2. The van der Waals surface area contributed by atoms with E-state index in [1.165, 1.54) is 4.52 Å². The maximum absolute atomic E-state index is 13.4. The van der Waals surface area contributed by atoms with E-state index >= 15 is 0 Å². The summed E-state index contributed by atoms with van der Waals surface area (Å²) in [6, 6.07) is 15.3. The molecule has 0 radical (unpaired) electrons. The highest BCUT2D eigenvalue weighted by atomic mass is 32.2. The van der Waals surface area contributed by atoms with Gasteiger partial charge in [0.05, 0.1) is 17.6 Å². The predicted molar refractivity (Wildman–Crippen MR) is 163 cm³/mol. The van der Waals surface area contributed by atoms with E-state index in [-0.39, 0.29) is 35.2 Å². The zero-order valence-electron chi connectivity index (χ0n) is 23.9. The maximum atomic E-state index is 13.4. The molecule has 0 spiro atoms. The second-order valence-electron chi connectivity index (χ2n) is 11.0. The SMILES string of the molecule is C[C@@H]1CC[C@H](CCc2nc3c(-c4ccc(-c5ccccc5)nc4)cnn3c(N)c2S(C)(=O)=O)N1C(=O)c1cc(CN)[nH]n1. The summed E-state index contributed by atoms with van der Waals surface area (Å²) >= 11 is 0. The Kier molecular flexibility index (Phi) is 7.44. The molecule has 1 saturated heterocycles. The highest BCUT2D eigenvalue weighted by molar-refractivity contribution is 7.91. The number of nitrogens with zero attached hydrogens (tertiary/aromatic N) is 6. The van der Waals surface area contributed by atoms with Gasteiger partial charge in [-0.2, -0.15) is 14.7 Å². The Labute approximate surface area is 249 Å². The number of fused-ring (bicyclic) bond motifs is 1. The summed E-state index contributed by atoms with van der Waals surface area (Å²) in [4.78, 5) is 24.6. The lowest BCUT2D eigenvalue weighted by Gasteiger charge is -2.28. The topological polar surface area (TPSA) is 178 Å². The maximum Gasteiger partial charge on any atom is 0.274 e. The Morgan fingerprint density at radius 2 is 1.88 bits per heavy atom. The number of sulfone groups is 1. The number of carbonyl (C=O) groups excluding carboxylic acids is 1. The summed E-state index contributed by atoms with van der Waals surface area (Å²) in [5, 5.41) is 11.3. The van der Waals surface area contributed by atoms with Gasteiger partial charge in [-0.1, -0.05) is 36.4 Å². The van der Waals surface area contributed by atoms with Crippen LogP contribution < -0.4 is 11.5 Å². The molecule has 4 aromatic heterocycles. The molecule has 12 nitrogen and oxygen atoms in total. The van der Waals surface area contributed by atoms with Crippen LogP contribution in [0.4, 0.5) is 5.82 Å². The Morgan fingerprint density at radius 3 is 2.56 bits per heavy atom. The molecule has 0 bridgehead atoms. The third-order valence-electron chi connectivity index (χ3n) is 8.03. The number of hydrogen-bond donors (Lipinski definition) is 3. The fourth-order valence-electron chi connectivity index (χ4n) is 5.89. The minimum Gasteiger partial charge on any atom is -0.382 e. The average Bonchev–Trinajstić information content (AvgIpc) is 3.74. The van der Waals surface area contributed by atoms with Crippen molar-refractivity contribution in [2.75, 3.05) is 12.0 Å². The van der Waals surface area contributed by atoms with E-state index in [4.69, 9.17) is 16.5 Å². The van der Waals surface area contributed by atoms with Crippen molar-refractivity contribution in [1.82, 2.24) is 34.7 Å². The Morgan fingerprint density at radius 1 is 1.09 bits per heavy atom. The van der Waals surface area contributed by atoms with Crippen LogP contribution in [0.5, 0.6) is 0 Å². The van der Waals surface area contributed by atoms with Crippen molar-refractivity contribution in [2.45, 2.75) is 56.1 Å². The second-order valence-corrected chi connectivity index (χ2v) is 12.9. The number of pyridine rings is 1. The Bertz CT molecular complexity index is 1900. The van der Waals surface area contributed by atoms with E-state index < -0.39 is 9.84 Å². The molecule has 0 unspecified atom stereocenters. The van der Waals surface area contributed by atoms with E-state index in [2.05, 4.69) is 20.3 Å². The van der Waals surface area contributed by atoms with Crippen molar-refractivity contribution in [2.24, 2.45) is 5.73 Å². The van der Waals surface area contributed by atoms with E-state index in [1.807, 2.05) is 54.3 Å². The lowest BCUT2D eigenvalue weighted by molar-refractivity contribution is 0.0666. The summed E-state index contributed by atoms with van der Waals surface area (Å²) in [5.74, 6) is -0.178. The first-order chi connectivity index (χ1) is 20.7. The zero-order chi connectivity index (χ0) is 30.3. The number of hydrogen-bond acceptors (Lipinski definition) is 9. The number of nitrogens with two attached hydrogens (primary N) is 2. The fraction of sp³-hybridized carbons (Fsp3) is 0.300. The summed E-state index contributed by atoms with van der Waals surface area (Å²) < 4.78 is 27.3. The molecule has 1 amide bonds. The molecule has 43 heavy (non-hydrogen) atoms. The Balaban J connectivity index is 1.33. The van der Waals surface area contributed by atoms with Crippen molar-refractivity contribution in [1.29, 1.82) is 0 Å². The number of amides is 1. The molecular formula is C30H33N9O3S. The molecule has 0 saturated carbocycles. The van der Waals surface area contributed by atoms with Gasteiger partial charge in [-0.15, -0.1) is 0 Å². The first kappa shape index (κ1) is 28.5. The number of aryl methyl sites for hydroxylation is 1. The number of likely N-dealkylation sites (tertiary alicyclic amines) is 1. The van der Waals surface area contributed by atoms with Crippen LogP contribution in [0.15, 0.2) is 65.8 Å². The van der Waals surface area contributed by atoms with Gasteiger partial charge in [0, 0.05) is 53.5 Å². The number of benzene rings is 1. The number of H-pyrrole nitrogens is 1. The largest absolute Gasteiger partial charge is 0.382 e. The standard InChI is InChI=1S/C30H33N9O3S/c1-18-8-10-22(38(18)30(40)26-14-21(15-31)36-37-26)11-13-25-27(43(2,41)42)28(32)39-29(35-25)23(17-34-39)20-9-12-24(33-16-20)19-6-4-3-5-7-19/h3-7,9,12,14,16-18,22H,8,10-11,13,15,31-32H2,1-2H3,(H,36,37)/t18-,22-/m1/s1. The van der Waals surface area contributed by atoms with E-state index in [0.29, 0.717) is 41.1 Å². The van der Waals surface area contributed by atoms with E-state index in [1.54, 1.807) is 18.5 Å². The zero-order valence-corrected chi connectivity index (χ0v) is 24.8. The first-order valence-corrected chi connectivity index (χ1v) is 16.0. The van der Waals surface area contributed by atoms with E-state index in [0.717, 1.165) is 35.9 Å². The number of nitrogens with one attached hydrogen (secondary N) is 1. The van der Waals surface area contributed by atoms with Crippen LogP contribution in [-0.4, -0.2) is 67.3 Å². The molecule has 2 atom stereocenters. The summed E-state index contributed by atoms with van der Waals surface area (Å²) in [7, 11) is -3.74. The van der Waals surface area contributed by atoms with Crippen LogP contribution in [0.1, 0.15) is 48.1 Å². The molecule has 0 aliphatic carbocycles.